The van der Waals surface area contributed by atoms with Crippen molar-refractivity contribution < 1.29 is 14.3 Å². The molecule has 0 saturated carbocycles. The second-order valence-electron chi connectivity index (χ2n) is 6.85. The van der Waals surface area contributed by atoms with Gasteiger partial charge in [-0.1, -0.05) is 0 Å². The average molecular weight is 435 g/mol. The minimum atomic E-state index is -0.211. The van der Waals surface area contributed by atoms with Crippen molar-refractivity contribution in [1.82, 2.24) is 20.1 Å². The number of aromatic nitrogens is 3. The van der Waals surface area contributed by atoms with Crippen LogP contribution in [0.5, 0.6) is 11.5 Å². The van der Waals surface area contributed by atoms with Crippen LogP contribution >= 0.6 is 11.3 Å². The maximum Gasteiger partial charge on any atom is 0.269 e. The number of carbonyl (C=O) groups excluding carboxylic acids is 1. The summed E-state index contributed by atoms with van der Waals surface area (Å²) in [5, 5.41) is 11.5. The molecule has 3 heterocycles. The molecule has 3 aromatic heterocycles. The van der Waals surface area contributed by atoms with E-state index in [9.17, 15) is 4.79 Å². The first-order chi connectivity index (χ1) is 15.1. The Hall–Kier alpha value is -3.65. The lowest BCUT2D eigenvalue weighted by atomic mass is 10.1. The van der Waals surface area contributed by atoms with Gasteiger partial charge in [-0.15, -0.1) is 0 Å². The Morgan fingerprint density at radius 3 is 2.71 bits per heavy atom. The summed E-state index contributed by atoms with van der Waals surface area (Å²) < 4.78 is 12.3. The number of carbonyl (C=O) groups is 1. The van der Waals surface area contributed by atoms with Gasteiger partial charge in [0.25, 0.3) is 5.91 Å². The first-order valence-electron chi connectivity index (χ1n) is 9.61. The highest BCUT2D eigenvalue weighted by molar-refractivity contribution is 7.08. The molecule has 8 heteroatoms. The molecule has 0 bridgehead atoms. The van der Waals surface area contributed by atoms with Gasteiger partial charge in [-0.05, 0) is 53.4 Å². The Bertz CT molecular complexity index is 1200. The van der Waals surface area contributed by atoms with E-state index in [1.54, 1.807) is 49.5 Å². The predicted molar refractivity (Wildman–Crippen MR) is 120 cm³/mol. The van der Waals surface area contributed by atoms with Gasteiger partial charge in [0.2, 0.25) is 0 Å². The average Bonchev–Trinajstić information content (AvgIpc) is 3.47. The van der Waals surface area contributed by atoms with Crippen LogP contribution in [-0.2, 0) is 13.6 Å². The van der Waals surface area contributed by atoms with Crippen molar-refractivity contribution in [2.24, 2.45) is 7.05 Å². The van der Waals surface area contributed by atoms with Crippen molar-refractivity contribution >= 4 is 17.2 Å². The summed E-state index contributed by atoms with van der Waals surface area (Å²) >= 11 is 1.63. The lowest BCUT2D eigenvalue weighted by molar-refractivity contribution is 0.0941. The molecule has 0 spiro atoms. The molecule has 1 N–H and O–H groups in total. The fourth-order valence-corrected chi connectivity index (χ4v) is 3.90. The summed E-state index contributed by atoms with van der Waals surface area (Å²) in [6.45, 7) is 0.390. The standard InChI is InChI=1S/C23H22N4O3S/c1-27-21(12-20(26-27)18-11-17(29-2)4-5-22(18)30-3)23(28)25-13-15-6-8-24-19(10-15)16-7-9-31-14-16/h4-12,14H,13H2,1-3H3,(H,25,28). The second kappa shape index (κ2) is 9.01. The topological polar surface area (TPSA) is 78.3 Å². The Balaban J connectivity index is 1.52. The zero-order valence-electron chi connectivity index (χ0n) is 17.5. The largest absolute Gasteiger partial charge is 0.497 e. The number of methoxy groups -OCH3 is 2. The molecule has 0 atom stereocenters. The maximum atomic E-state index is 12.8. The van der Waals surface area contributed by atoms with E-state index in [2.05, 4.69) is 20.8 Å². The van der Waals surface area contributed by atoms with E-state index >= 15 is 0 Å². The zero-order chi connectivity index (χ0) is 21.8. The highest BCUT2D eigenvalue weighted by Gasteiger charge is 2.17. The lowest BCUT2D eigenvalue weighted by Crippen LogP contribution is -2.25. The van der Waals surface area contributed by atoms with E-state index in [0.29, 0.717) is 29.4 Å². The number of amides is 1. The minimum absolute atomic E-state index is 0.211. The van der Waals surface area contributed by atoms with Gasteiger partial charge in [0.05, 0.1) is 25.6 Å². The van der Waals surface area contributed by atoms with Crippen LogP contribution < -0.4 is 14.8 Å². The molecule has 31 heavy (non-hydrogen) atoms. The zero-order valence-corrected chi connectivity index (χ0v) is 18.3. The molecule has 0 fully saturated rings. The lowest BCUT2D eigenvalue weighted by Gasteiger charge is -2.08. The van der Waals surface area contributed by atoms with Crippen LogP contribution in [0.25, 0.3) is 22.5 Å². The number of hydrogen-bond donors (Lipinski definition) is 1. The summed E-state index contributed by atoms with van der Waals surface area (Å²) in [4.78, 5) is 17.2. The fraction of sp³-hybridized carbons (Fsp3) is 0.174. The van der Waals surface area contributed by atoms with Crippen molar-refractivity contribution in [1.29, 1.82) is 0 Å². The summed E-state index contributed by atoms with van der Waals surface area (Å²) in [6.07, 6.45) is 1.76. The van der Waals surface area contributed by atoms with Crippen LogP contribution in [0.2, 0.25) is 0 Å². The monoisotopic (exact) mass is 434 g/mol. The van der Waals surface area contributed by atoms with Gasteiger partial charge in [0.15, 0.2) is 0 Å². The SMILES string of the molecule is COc1ccc(OC)c(-c2cc(C(=O)NCc3ccnc(-c4ccsc4)c3)n(C)n2)c1. The number of hydrogen-bond acceptors (Lipinski definition) is 6. The van der Waals surface area contributed by atoms with Gasteiger partial charge in [0.1, 0.15) is 17.2 Å². The molecular formula is C23H22N4O3S. The second-order valence-corrected chi connectivity index (χ2v) is 7.63. The quantitative estimate of drug-likeness (QED) is 0.473. The Labute approximate surface area is 184 Å². The third kappa shape index (κ3) is 4.44. The van der Waals surface area contributed by atoms with E-state index in [0.717, 1.165) is 22.4 Å². The predicted octanol–water partition coefficient (Wildman–Crippen LogP) is 4.16. The van der Waals surface area contributed by atoms with Crippen LogP contribution in [0.4, 0.5) is 0 Å². The molecule has 0 saturated heterocycles. The first kappa shape index (κ1) is 20.6. The van der Waals surface area contributed by atoms with Gasteiger partial charge in [0, 0.05) is 36.3 Å². The van der Waals surface area contributed by atoms with E-state index in [1.807, 2.05) is 41.8 Å². The molecule has 1 amide bonds. The molecule has 0 aliphatic carbocycles. The molecule has 4 aromatic rings. The third-order valence-corrected chi connectivity index (χ3v) is 5.57. The summed E-state index contributed by atoms with van der Waals surface area (Å²) in [6, 6.07) is 13.1. The number of ether oxygens (including phenoxy) is 2. The molecule has 0 aliphatic rings. The molecule has 0 radical (unpaired) electrons. The van der Waals surface area contributed by atoms with E-state index in [1.165, 1.54) is 0 Å². The molecule has 1 aromatic carbocycles. The van der Waals surface area contributed by atoms with Gasteiger partial charge in [-0.2, -0.15) is 16.4 Å². The van der Waals surface area contributed by atoms with Crippen molar-refractivity contribution in [2.75, 3.05) is 14.2 Å². The number of rotatable bonds is 7. The van der Waals surface area contributed by atoms with Crippen LogP contribution in [0.15, 0.2) is 59.4 Å². The molecule has 158 valence electrons. The van der Waals surface area contributed by atoms with Crippen LogP contribution in [0.1, 0.15) is 16.1 Å². The normalized spacial score (nSPS) is 10.7. The Morgan fingerprint density at radius 2 is 1.97 bits per heavy atom. The van der Waals surface area contributed by atoms with Crippen molar-refractivity contribution in [3.63, 3.8) is 0 Å². The Kier molecular flexibility index (Phi) is 5.99. The van der Waals surface area contributed by atoms with Gasteiger partial charge < -0.3 is 14.8 Å². The molecule has 4 rings (SSSR count). The molecule has 0 unspecified atom stereocenters. The first-order valence-corrected chi connectivity index (χ1v) is 10.6. The van der Waals surface area contributed by atoms with Gasteiger partial charge >= 0.3 is 0 Å². The van der Waals surface area contributed by atoms with Gasteiger partial charge in [-0.25, -0.2) is 0 Å². The third-order valence-electron chi connectivity index (χ3n) is 4.89. The maximum absolute atomic E-state index is 12.8. The number of nitrogens with zero attached hydrogens (tertiary/aromatic N) is 3. The molecule has 0 aliphatic heterocycles. The van der Waals surface area contributed by atoms with E-state index in [4.69, 9.17) is 9.47 Å². The van der Waals surface area contributed by atoms with E-state index < -0.39 is 0 Å². The highest BCUT2D eigenvalue weighted by atomic mass is 32.1. The fourth-order valence-electron chi connectivity index (χ4n) is 3.25. The Morgan fingerprint density at radius 1 is 1.10 bits per heavy atom. The number of pyridine rings is 1. The van der Waals surface area contributed by atoms with Crippen LogP contribution in [0.3, 0.4) is 0 Å². The highest BCUT2D eigenvalue weighted by Crippen LogP contribution is 2.33. The van der Waals surface area contributed by atoms with Crippen LogP contribution in [-0.4, -0.2) is 34.9 Å². The van der Waals surface area contributed by atoms with Crippen molar-refractivity contribution in [2.45, 2.75) is 6.54 Å². The summed E-state index contributed by atoms with van der Waals surface area (Å²) in [5.74, 6) is 1.13. The smallest absolute Gasteiger partial charge is 0.269 e. The number of aryl methyl sites for hydroxylation is 1. The minimum Gasteiger partial charge on any atom is -0.497 e. The van der Waals surface area contributed by atoms with E-state index in [-0.39, 0.29) is 5.91 Å². The number of thiophene rings is 1. The van der Waals surface area contributed by atoms with Crippen LogP contribution in [0, 0.1) is 0 Å². The molecular weight excluding hydrogens is 412 g/mol. The number of benzene rings is 1. The number of nitrogens with one attached hydrogen (secondary N) is 1. The molecule has 7 nitrogen and oxygen atoms in total. The van der Waals surface area contributed by atoms with Gasteiger partial charge in [-0.3, -0.25) is 14.5 Å². The van der Waals surface area contributed by atoms with Crippen molar-refractivity contribution in [3.8, 4) is 34.0 Å². The van der Waals surface area contributed by atoms with Crippen molar-refractivity contribution in [3.05, 3.63) is 70.7 Å². The summed E-state index contributed by atoms with van der Waals surface area (Å²) in [7, 11) is 4.94. The summed E-state index contributed by atoms with van der Waals surface area (Å²) in [5.41, 5.74) is 4.77.